The molecule has 11 heteroatoms. The van der Waals surface area contributed by atoms with Gasteiger partial charge in [-0.15, -0.1) is 0 Å². The summed E-state index contributed by atoms with van der Waals surface area (Å²) in [6.45, 7) is -0.0207. The van der Waals surface area contributed by atoms with E-state index in [1.54, 1.807) is 30.3 Å². The number of nitrogens with one attached hydrogen (secondary N) is 2. The van der Waals surface area contributed by atoms with Crippen molar-refractivity contribution < 1.29 is 41.4 Å². The van der Waals surface area contributed by atoms with E-state index in [0.29, 0.717) is 24.5 Å². The van der Waals surface area contributed by atoms with Crippen molar-refractivity contribution in [2.24, 2.45) is 0 Å². The molecule has 43 heavy (non-hydrogen) atoms. The molecule has 0 heterocycles. The number of carbonyl (C=O) groups excluding carboxylic acids is 1. The van der Waals surface area contributed by atoms with E-state index >= 15 is 0 Å². The van der Waals surface area contributed by atoms with Crippen LogP contribution < -0.4 is 15.4 Å². The van der Waals surface area contributed by atoms with Crippen LogP contribution in [-0.4, -0.2) is 29.8 Å². The SMILES string of the molecule is O=C(O)CCCCOc1cc([C@@](Cc2ccccc2)(NC(=O)NC2CCCC2)c2cc(F)cc(C(F)(F)F)c2)ccc1F. The molecule has 1 atom stereocenters. The van der Waals surface area contributed by atoms with Gasteiger partial charge in [-0.2, -0.15) is 13.2 Å². The molecule has 1 saturated carbocycles. The zero-order chi connectivity index (χ0) is 31.0. The molecule has 1 fully saturated rings. The van der Waals surface area contributed by atoms with Crippen molar-refractivity contribution in [3.63, 3.8) is 0 Å². The number of ether oxygens (including phenoxy) is 1. The average molecular weight is 605 g/mol. The Morgan fingerprint density at radius 2 is 1.58 bits per heavy atom. The van der Waals surface area contributed by atoms with Gasteiger partial charge in [-0.1, -0.05) is 49.2 Å². The summed E-state index contributed by atoms with van der Waals surface area (Å²) in [5, 5.41) is 14.6. The normalized spacial score (nSPS) is 15.1. The van der Waals surface area contributed by atoms with Gasteiger partial charge in [0, 0.05) is 18.9 Å². The summed E-state index contributed by atoms with van der Waals surface area (Å²) in [6, 6.07) is 13.6. The number of aliphatic carboxylic acids is 1. The molecule has 3 aromatic rings. The maximum Gasteiger partial charge on any atom is 0.416 e. The van der Waals surface area contributed by atoms with Gasteiger partial charge in [-0.25, -0.2) is 13.6 Å². The van der Waals surface area contributed by atoms with Crippen LogP contribution in [0.5, 0.6) is 5.75 Å². The fourth-order valence-corrected chi connectivity index (χ4v) is 5.39. The second-order valence-electron chi connectivity index (χ2n) is 10.7. The highest BCUT2D eigenvalue weighted by Crippen LogP contribution is 2.39. The van der Waals surface area contributed by atoms with Crippen molar-refractivity contribution in [1.82, 2.24) is 10.6 Å². The van der Waals surface area contributed by atoms with Crippen molar-refractivity contribution >= 4 is 12.0 Å². The molecule has 6 nitrogen and oxygen atoms in total. The van der Waals surface area contributed by atoms with Gasteiger partial charge in [-0.05, 0) is 72.7 Å². The largest absolute Gasteiger partial charge is 0.491 e. The third-order valence-electron chi connectivity index (χ3n) is 7.51. The van der Waals surface area contributed by atoms with Crippen molar-refractivity contribution in [3.05, 3.63) is 101 Å². The van der Waals surface area contributed by atoms with Crippen LogP contribution in [0, 0.1) is 11.6 Å². The minimum atomic E-state index is -4.88. The van der Waals surface area contributed by atoms with Crippen molar-refractivity contribution in [1.29, 1.82) is 0 Å². The van der Waals surface area contributed by atoms with Gasteiger partial charge in [0.05, 0.1) is 17.7 Å². The van der Waals surface area contributed by atoms with E-state index in [4.69, 9.17) is 9.84 Å². The minimum absolute atomic E-state index is 0.0207. The first-order valence-electron chi connectivity index (χ1n) is 14.1. The third-order valence-corrected chi connectivity index (χ3v) is 7.51. The average Bonchev–Trinajstić information content (AvgIpc) is 3.46. The molecule has 1 aliphatic carbocycles. The summed E-state index contributed by atoms with van der Waals surface area (Å²) in [5.74, 6) is -3.14. The Balaban J connectivity index is 1.84. The van der Waals surface area contributed by atoms with Crippen LogP contribution in [0.3, 0.4) is 0 Å². The standard InChI is InChI=1S/C32H33F5N2O4/c33-25-17-23(16-24(18-25)32(35,36)37)31(20-21-8-2-1-3-9-21,39-30(42)38-26-10-4-5-11-26)22-13-14-27(34)28(19-22)43-15-7-6-12-29(40)41/h1-3,8-9,13-14,16-19,26H,4-7,10-12,15,20H2,(H,40,41)(H2,38,39,42)/t31-/m1/s1. The van der Waals surface area contributed by atoms with Crippen molar-refractivity contribution in [2.75, 3.05) is 6.61 Å². The van der Waals surface area contributed by atoms with Crippen LogP contribution in [0.4, 0.5) is 26.7 Å². The first kappa shape index (κ1) is 31.8. The Bertz CT molecular complexity index is 1410. The topological polar surface area (TPSA) is 87.7 Å². The fraction of sp³-hybridized carbons (Fsp3) is 0.375. The van der Waals surface area contributed by atoms with Gasteiger partial charge in [0.1, 0.15) is 5.82 Å². The van der Waals surface area contributed by atoms with Gasteiger partial charge in [0.25, 0.3) is 0 Å². The number of carboxylic acid groups (broad SMARTS) is 1. The minimum Gasteiger partial charge on any atom is -0.491 e. The quantitative estimate of drug-likeness (QED) is 0.149. The van der Waals surface area contributed by atoms with Gasteiger partial charge >= 0.3 is 18.2 Å². The molecule has 0 radical (unpaired) electrons. The number of rotatable bonds is 12. The monoisotopic (exact) mass is 604 g/mol. The second kappa shape index (κ2) is 13.9. The summed E-state index contributed by atoms with van der Waals surface area (Å²) in [5.41, 5.74) is -2.44. The van der Waals surface area contributed by atoms with Crippen LogP contribution >= 0.6 is 0 Å². The van der Waals surface area contributed by atoms with Gasteiger partial charge < -0.3 is 20.5 Å². The Labute approximate surface area is 246 Å². The number of urea groups is 1. The fourth-order valence-electron chi connectivity index (χ4n) is 5.39. The molecule has 1 aliphatic rings. The van der Waals surface area contributed by atoms with E-state index in [0.717, 1.165) is 43.9 Å². The summed E-state index contributed by atoms with van der Waals surface area (Å²) in [4.78, 5) is 24.3. The third kappa shape index (κ3) is 8.46. The number of halogens is 5. The summed E-state index contributed by atoms with van der Waals surface area (Å²) in [7, 11) is 0. The summed E-state index contributed by atoms with van der Waals surface area (Å²) in [6.07, 6.45) is -1.14. The number of benzene rings is 3. The highest BCUT2D eigenvalue weighted by molar-refractivity contribution is 5.76. The molecule has 4 rings (SSSR count). The number of alkyl halides is 3. The maximum atomic E-state index is 14.9. The van der Waals surface area contributed by atoms with E-state index in [-0.39, 0.29) is 42.4 Å². The lowest BCUT2D eigenvalue weighted by Gasteiger charge is -2.37. The van der Waals surface area contributed by atoms with Gasteiger partial charge in [0.15, 0.2) is 11.6 Å². The first-order valence-corrected chi connectivity index (χ1v) is 14.1. The van der Waals surface area contributed by atoms with Crippen LogP contribution in [0.1, 0.15) is 67.2 Å². The number of carbonyl (C=O) groups is 2. The molecule has 0 bridgehead atoms. The number of amides is 2. The molecule has 3 N–H and O–H groups in total. The van der Waals surface area contributed by atoms with Crippen molar-refractivity contribution in [2.45, 2.75) is 69.1 Å². The first-order chi connectivity index (χ1) is 20.5. The van der Waals surface area contributed by atoms with E-state index in [1.807, 2.05) is 0 Å². The predicted octanol–water partition coefficient (Wildman–Crippen LogP) is 7.35. The van der Waals surface area contributed by atoms with E-state index in [2.05, 4.69) is 10.6 Å². The second-order valence-corrected chi connectivity index (χ2v) is 10.7. The molecule has 230 valence electrons. The van der Waals surface area contributed by atoms with Crippen LogP contribution in [-0.2, 0) is 22.9 Å². The summed E-state index contributed by atoms with van der Waals surface area (Å²) < 4.78 is 77.1. The highest BCUT2D eigenvalue weighted by atomic mass is 19.4. The number of unbranched alkanes of at least 4 members (excludes halogenated alkanes) is 1. The smallest absolute Gasteiger partial charge is 0.416 e. The van der Waals surface area contributed by atoms with Crippen LogP contribution in [0.15, 0.2) is 66.7 Å². The maximum absolute atomic E-state index is 14.9. The van der Waals surface area contributed by atoms with E-state index < -0.39 is 40.9 Å². The molecule has 2 amide bonds. The summed E-state index contributed by atoms with van der Waals surface area (Å²) >= 11 is 0. The molecular formula is C32H33F5N2O4. The van der Waals surface area contributed by atoms with Crippen molar-refractivity contribution in [3.8, 4) is 5.75 Å². The van der Waals surface area contributed by atoms with Gasteiger partial charge in [-0.3, -0.25) is 4.79 Å². The van der Waals surface area contributed by atoms with Crippen LogP contribution in [0.2, 0.25) is 0 Å². The highest BCUT2D eigenvalue weighted by Gasteiger charge is 2.40. The number of hydrogen-bond donors (Lipinski definition) is 3. The van der Waals surface area contributed by atoms with Gasteiger partial charge in [0.2, 0.25) is 0 Å². The molecule has 0 unspecified atom stereocenters. The zero-order valence-electron chi connectivity index (χ0n) is 23.4. The number of carboxylic acids is 1. The Morgan fingerprint density at radius 3 is 2.26 bits per heavy atom. The Kier molecular flexibility index (Phi) is 10.3. The lowest BCUT2D eigenvalue weighted by Crippen LogP contribution is -2.53. The predicted molar refractivity (Wildman–Crippen MR) is 150 cm³/mol. The molecular weight excluding hydrogens is 571 g/mol. The van der Waals surface area contributed by atoms with E-state index in [9.17, 15) is 31.5 Å². The number of hydrogen-bond acceptors (Lipinski definition) is 3. The molecule has 0 saturated heterocycles. The Hall–Kier alpha value is -4.15. The lowest BCUT2D eigenvalue weighted by molar-refractivity contribution is -0.138. The molecule has 0 aromatic heterocycles. The van der Waals surface area contributed by atoms with E-state index in [1.165, 1.54) is 12.1 Å². The Morgan fingerprint density at radius 1 is 0.884 bits per heavy atom. The molecule has 0 aliphatic heterocycles. The lowest BCUT2D eigenvalue weighted by atomic mass is 9.77. The zero-order valence-corrected chi connectivity index (χ0v) is 23.4. The molecule has 3 aromatic carbocycles. The van der Waals surface area contributed by atoms with Crippen LogP contribution in [0.25, 0.3) is 0 Å². The molecule has 0 spiro atoms.